The number of hydrogen-bond donors (Lipinski definition) is 0. The van der Waals surface area contributed by atoms with E-state index < -0.39 is 6.43 Å². The van der Waals surface area contributed by atoms with Crippen molar-refractivity contribution in [3.05, 3.63) is 53.1 Å². The zero-order valence-electron chi connectivity index (χ0n) is 10.1. The summed E-state index contributed by atoms with van der Waals surface area (Å²) in [7, 11) is 1.54. The molecule has 0 radical (unpaired) electrons. The van der Waals surface area contributed by atoms with E-state index >= 15 is 0 Å². The minimum Gasteiger partial charge on any atom is -0.495 e. The fraction of sp³-hybridized carbons (Fsp3) is 0.143. The first kappa shape index (κ1) is 14.2. The Labute approximate surface area is 119 Å². The van der Waals surface area contributed by atoms with Gasteiger partial charge < -0.3 is 4.74 Å². The number of rotatable bonds is 4. The molecule has 0 spiro atoms. The summed E-state index contributed by atoms with van der Waals surface area (Å²) in [5.41, 5.74) is 0.0182. The molecule has 19 heavy (non-hydrogen) atoms. The Kier molecular flexibility index (Phi) is 4.66. The number of halogens is 3. The largest absolute Gasteiger partial charge is 0.495 e. The molecule has 1 nitrogen and oxygen atoms in total. The molecule has 2 aromatic rings. The maximum atomic E-state index is 12.6. The Hall–Kier alpha value is -1.26. The first-order chi connectivity index (χ1) is 9.10. The molecule has 0 atom stereocenters. The van der Waals surface area contributed by atoms with E-state index in [2.05, 4.69) is 0 Å². The molecule has 0 bridgehead atoms. The van der Waals surface area contributed by atoms with E-state index in [-0.39, 0.29) is 5.56 Å². The quantitative estimate of drug-likeness (QED) is 0.744. The van der Waals surface area contributed by atoms with Crippen LogP contribution in [0.1, 0.15) is 12.0 Å². The van der Waals surface area contributed by atoms with Crippen LogP contribution in [0.2, 0.25) is 5.02 Å². The van der Waals surface area contributed by atoms with Gasteiger partial charge in [-0.2, -0.15) is 0 Å². The molecule has 0 aliphatic heterocycles. The van der Waals surface area contributed by atoms with Crippen LogP contribution in [0.15, 0.2) is 52.3 Å². The summed E-state index contributed by atoms with van der Waals surface area (Å²) in [6.45, 7) is 0. The van der Waals surface area contributed by atoms with Gasteiger partial charge in [-0.25, -0.2) is 8.78 Å². The van der Waals surface area contributed by atoms with E-state index in [1.165, 1.54) is 23.9 Å². The van der Waals surface area contributed by atoms with Gasteiger partial charge >= 0.3 is 0 Å². The zero-order valence-corrected chi connectivity index (χ0v) is 11.6. The zero-order chi connectivity index (χ0) is 13.8. The molecule has 100 valence electrons. The SMILES string of the molecule is COc1ccc(Sc2cccc(C(F)F)c2)cc1Cl. The summed E-state index contributed by atoms with van der Waals surface area (Å²) in [5.74, 6) is 0.590. The van der Waals surface area contributed by atoms with Crippen molar-refractivity contribution in [2.75, 3.05) is 7.11 Å². The van der Waals surface area contributed by atoms with Gasteiger partial charge in [0.15, 0.2) is 0 Å². The van der Waals surface area contributed by atoms with Crippen molar-refractivity contribution in [3.8, 4) is 5.75 Å². The molecule has 0 heterocycles. The smallest absolute Gasteiger partial charge is 0.263 e. The van der Waals surface area contributed by atoms with Crippen LogP contribution in [-0.4, -0.2) is 7.11 Å². The Morgan fingerprint density at radius 1 is 1.11 bits per heavy atom. The highest BCUT2D eigenvalue weighted by molar-refractivity contribution is 7.99. The number of benzene rings is 2. The van der Waals surface area contributed by atoms with Crippen LogP contribution >= 0.6 is 23.4 Å². The predicted octanol–water partition coefficient (Wildman–Crippen LogP) is 5.44. The van der Waals surface area contributed by atoms with Crippen molar-refractivity contribution in [1.82, 2.24) is 0 Å². The molecule has 0 aromatic heterocycles. The highest BCUT2D eigenvalue weighted by Crippen LogP contribution is 2.34. The molecule has 0 unspecified atom stereocenters. The lowest BCUT2D eigenvalue weighted by Gasteiger charge is -2.07. The standard InChI is InChI=1S/C14H11ClF2OS/c1-18-13-6-5-11(8-12(13)15)19-10-4-2-3-9(7-10)14(16)17/h2-8,14H,1H3. The highest BCUT2D eigenvalue weighted by Gasteiger charge is 2.08. The first-order valence-corrected chi connectivity index (χ1v) is 6.69. The van der Waals surface area contributed by atoms with Crippen molar-refractivity contribution in [2.24, 2.45) is 0 Å². The van der Waals surface area contributed by atoms with Gasteiger partial charge in [-0.15, -0.1) is 0 Å². The third-order valence-electron chi connectivity index (χ3n) is 2.47. The average molecular weight is 301 g/mol. The van der Waals surface area contributed by atoms with E-state index in [4.69, 9.17) is 16.3 Å². The van der Waals surface area contributed by atoms with E-state index in [0.717, 1.165) is 9.79 Å². The van der Waals surface area contributed by atoms with E-state index in [1.807, 2.05) is 6.07 Å². The van der Waals surface area contributed by atoms with Gasteiger partial charge in [-0.05, 0) is 30.3 Å². The van der Waals surface area contributed by atoms with Crippen molar-refractivity contribution in [3.63, 3.8) is 0 Å². The fourth-order valence-corrected chi connectivity index (χ4v) is 2.81. The van der Waals surface area contributed by atoms with E-state index in [0.29, 0.717) is 10.8 Å². The van der Waals surface area contributed by atoms with Gasteiger partial charge in [0, 0.05) is 15.4 Å². The van der Waals surface area contributed by atoms with Crippen molar-refractivity contribution in [2.45, 2.75) is 16.2 Å². The normalized spacial score (nSPS) is 10.8. The van der Waals surface area contributed by atoms with Crippen molar-refractivity contribution >= 4 is 23.4 Å². The molecule has 0 aliphatic rings. The molecule has 0 aliphatic carbocycles. The molecule has 0 saturated carbocycles. The molecule has 2 aromatic carbocycles. The number of alkyl halides is 2. The molecule has 0 saturated heterocycles. The van der Waals surface area contributed by atoms with Crippen LogP contribution in [0, 0.1) is 0 Å². The van der Waals surface area contributed by atoms with Crippen molar-refractivity contribution in [1.29, 1.82) is 0 Å². The second kappa shape index (κ2) is 6.26. The van der Waals surface area contributed by atoms with Crippen LogP contribution in [0.3, 0.4) is 0 Å². The third-order valence-corrected chi connectivity index (χ3v) is 3.74. The van der Waals surface area contributed by atoms with Crippen LogP contribution in [0.25, 0.3) is 0 Å². The summed E-state index contributed by atoms with van der Waals surface area (Å²) in [4.78, 5) is 1.62. The lowest BCUT2D eigenvalue weighted by molar-refractivity contribution is 0.151. The Morgan fingerprint density at radius 2 is 1.84 bits per heavy atom. The predicted molar refractivity (Wildman–Crippen MR) is 73.5 cm³/mol. The number of hydrogen-bond acceptors (Lipinski definition) is 2. The van der Waals surface area contributed by atoms with Gasteiger partial charge in [0.1, 0.15) is 5.75 Å². The first-order valence-electron chi connectivity index (χ1n) is 5.49. The maximum Gasteiger partial charge on any atom is 0.263 e. The summed E-state index contributed by atoms with van der Waals surface area (Å²) in [6.07, 6.45) is -2.46. The topological polar surface area (TPSA) is 9.23 Å². The fourth-order valence-electron chi connectivity index (χ4n) is 1.56. The Morgan fingerprint density at radius 3 is 2.47 bits per heavy atom. The molecular formula is C14H11ClF2OS. The Balaban J connectivity index is 2.21. The second-order valence-electron chi connectivity index (χ2n) is 3.77. The molecule has 5 heteroatoms. The number of ether oxygens (including phenoxy) is 1. The third kappa shape index (κ3) is 3.61. The minimum atomic E-state index is -2.46. The van der Waals surface area contributed by atoms with Crippen molar-refractivity contribution < 1.29 is 13.5 Å². The monoisotopic (exact) mass is 300 g/mol. The van der Waals surface area contributed by atoms with Gasteiger partial charge in [0.2, 0.25) is 0 Å². The second-order valence-corrected chi connectivity index (χ2v) is 5.33. The highest BCUT2D eigenvalue weighted by atomic mass is 35.5. The van der Waals surface area contributed by atoms with Gasteiger partial charge in [0.05, 0.1) is 12.1 Å². The lowest BCUT2D eigenvalue weighted by atomic mass is 10.2. The van der Waals surface area contributed by atoms with Crippen LogP contribution in [0.5, 0.6) is 5.75 Å². The van der Waals surface area contributed by atoms with Crippen LogP contribution < -0.4 is 4.74 Å². The Bertz CT molecular complexity index is 575. The van der Waals surface area contributed by atoms with E-state index in [9.17, 15) is 8.78 Å². The summed E-state index contributed by atoms with van der Waals surface area (Å²) < 4.78 is 30.3. The molecule has 0 amide bonds. The minimum absolute atomic E-state index is 0.0182. The molecule has 2 rings (SSSR count). The maximum absolute atomic E-state index is 12.6. The summed E-state index contributed by atoms with van der Waals surface area (Å²) >= 11 is 7.40. The summed E-state index contributed by atoms with van der Waals surface area (Å²) in [5, 5.41) is 0.498. The molecule has 0 fully saturated rings. The van der Waals surface area contributed by atoms with Gasteiger partial charge in [-0.3, -0.25) is 0 Å². The van der Waals surface area contributed by atoms with Gasteiger partial charge in [-0.1, -0.05) is 35.5 Å². The average Bonchev–Trinajstić information content (AvgIpc) is 2.39. The van der Waals surface area contributed by atoms with Gasteiger partial charge in [0.25, 0.3) is 6.43 Å². The molecular weight excluding hydrogens is 290 g/mol. The van der Waals surface area contributed by atoms with E-state index in [1.54, 1.807) is 31.4 Å². The summed E-state index contributed by atoms with van der Waals surface area (Å²) in [6, 6.07) is 11.6. The molecule has 0 N–H and O–H groups in total. The van der Waals surface area contributed by atoms with Crippen LogP contribution in [-0.2, 0) is 0 Å². The number of methoxy groups -OCH3 is 1. The van der Waals surface area contributed by atoms with Crippen LogP contribution in [0.4, 0.5) is 8.78 Å². The lowest BCUT2D eigenvalue weighted by Crippen LogP contribution is -1.85.